The molecule has 1 saturated heterocycles. The molecular weight excluding hydrogens is 316 g/mol. The largest absolute Gasteiger partial charge is 0.459 e. The molecule has 120 valence electrons. The van der Waals surface area contributed by atoms with Gasteiger partial charge in [-0.3, -0.25) is 9.59 Å². The van der Waals surface area contributed by atoms with Gasteiger partial charge in [0.2, 0.25) is 5.91 Å². The van der Waals surface area contributed by atoms with Crippen molar-refractivity contribution in [3.05, 3.63) is 52.9 Å². The lowest BCUT2D eigenvalue weighted by Gasteiger charge is -2.38. The Labute approximate surface area is 139 Å². The second kappa shape index (κ2) is 6.08. The van der Waals surface area contributed by atoms with Gasteiger partial charge in [-0.2, -0.15) is 0 Å². The lowest BCUT2D eigenvalue weighted by atomic mass is 10.1. The molecule has 1 fully saturated rings. The van der Waals surface area contributed by atoms with Crippen molar-refractivity contribution in [2.75, 3.05) is 18.0 Å². The van der Waals surface area contributed by atoms with Crippen LogP contribution >= 0.6 is 11.6 Å². The molecule has 6 heteroatoms. The summed E-state index contributed by atoms with van der Waals surface area (Å²) in [5.41, 5.74) is 1.71. The molecule has 1 aromatic carbocycles. The second-order valence-corrected chi connectivity index (χ2v) is 5.98. The van der Waals surface area contributed by atoms with Crippen molar-refractivity contribution in [2.24, 2.45) is 0 Å². The Morgan fingerprint density at radius 1 is 1.30 bits per heavy atom. The molecule has 0 unspecified atom stereocenters. The van der Waals surface area contributed by atoms with E-state index in [1.165, 1.54) is 11.2 Å². The van der Waals surface area contributed by atoms with Crippen LogP contribution in [0.15, 0.2) is 41.0 Å². The molecule has 0 radical (unpaired) electrons. The van der Waals surface area contributed by atoms with Gasteiger partial charge in [0.1, 0.15) is 6.04 Å². The summed E-state index contributed by atoms with van der Waals surface area (Å²) < 4.78 is 5.14. The lowest BCUT2D eigenvalue weighted by Crippen LogP contribution is -2.57. The third-order valence-corrected chi connectivity index (χ3v) is 4.52. The minimum Gasteiger partial charge on any atom is -0.459 e. The molecule has 5 nitrogen and oxygen atoms in total. The van der Waals surface area contributed by atoms with Crippen LogP contribution < -0.4 is 4.90 Å². The van der Waals surface area contributed by atoms with Crippen LogP contribution in [0.3, 0.4) is 0 Å². The van der Waals surface area contributed by atoms with Crippen LogP contribution in [0.4, 0.5) is 5.69 Å². The first-order valence-electron chi connectivity index (χ1n) is 7.41. The Balaban J connectivity index is 1.81. The third-order valence-electron chi connectivity index (χ3n) is 4.12. The standard InChI is InChI=1S/C17H17ClN2O3/c1-11-5-6-13(10-14(11)18)20-8-7-19(12(2)16(20)21)17(22)15-4-3-9-23-15/h3-6,9-10,12H,7-8H2,1-2H3/t12-/m0/s1. The summed E-state index contributed by atoms with van der Waals surface area (Å²) in [5.74, 6) is -0.148. The molecule has 0 aliphatic carbocycles. The first-order chi connectivity index (χ1) is 11.0. The number of amides is 2. The van der Waals surface area contributed by atoms with E-state index in [0.717, 1.165) is 11.3 Å². The highest BCUT2D eigenvalue weighted by atomic mass is 35.5. The summed E-state index contributed by atoms with van der Waals surface area (Å²) >= 11 is 6.15. The van der Waals surface area contributed by atoms with Crippen molar-refractivity contribution in [2.45, 2.75) is 19.9 Å². The molecule has 0 bridgehead atoms. The summed E-state index contributed by atoms with van der Waals surface area (Å²) in [5, 5.41) is 0.622. The fourth-order valence-electron chi connectivity index (χ4n) is 2.70. The van der Waals surface area contributed by atoms with Crippen molar-refractivity contribution in [3.8, 4) is 0 Å². The van der Waals surface area contributed by atoms with E-state index in [-0.39, 0.29) is 17.6 Å². The van der Waals surface area contributed by atoms with Crippen molar-refractivity contribution < 1.29 is 14.0 Å². The maximum absolute atomic E-state index is 12.7. The van der Waals surface area contributed by atoms with Crippen LogP contribution in [0.25, 0.3) is 0 Å². The number of aryl methyl sites for hydroxylation is 1. The first-order valence-corrected chi connectivity index (χ1v) is 7.79. The predicted octanol–water partition coefficient (Wildman–Crippen LogP) is 3.12. The van der Waals surface area contributed by atoms with Crippen molar-refractivity contribution in [1.29, 1.82) is 0 Å². The van der Waals surface area contributed by atoms with Gasteiger partial charge in [0.15, 0.2) is 5.76 Å². The van der Waals surface area contributed by atoms with E-state index in [2.05, 4.69) is 0 Å². The zero-order chi connectivity index (χ0) is 16.6. The molecule has 0 N–H and O–H groups in total. The first kappa shape index (κ1) is 15.6. The number of carbonyl (C=O) groups is 2. The van der Waals surface area contributed by atoms with Gasteiger partial charge in [-0.05, 0) is 43.7 Å². The van der Waals surface area contributed by atoms with Gasteiger partial charge in [-0.15, -0.1) is 0 Å². The van der Waals surface area contributed by atoms with E-state index in [0.29, 0.717) is 18.1 Å². The fraction of sp³-hybridized carbons (Fsp3) is 0.294. The molecule has 1 aliphatic heterocycles. The van der Waals surface area contributed by atoms with Gasteiger partial charge in [0, 0.05) is 23.8 Å². The van der Waals surface area contributed by atoms with Crippen molar-refractivity contribution in [3.63, 3.8) is 0 Å². The summed E-state index contributed by atoms with van der Waals surface area (Å²) in [4.78, 5) is 28.3. The molecule has 1 aromatic heterocycles. The van der Waals surface area contributed by atoms with E-state index in [9.17, 15) is 9.59 Å². The molecule has 2 heterocycles. The molecule has 3 rings (SSSR count). The second-order valence-electron chi connectivity index (χ2n) is 5.58. The third kappa shape index (κ3) is 2.84. The number of nitrogens with zero attached hydrogens (tertiary/aromatic N) is 2. The minimum atomic E-state index is -0.554. The number of carbonyl (C=O) groups excluding carboxylic acids is 2. The zero-order valence-electron chi connectivity index (χ0n) is 13.0. The predicted molar refractivity (Wildman–Crippen MR) is 87.7 cm³/mol. The lowest BCUT2D eigenvalue weighted by molar-refractivity contribution is -0.124. The van der Waals surface area contributed by atoms with Gasteiger partial charge in [0.05, 0.1) is 6.26 Å². The van der Waals surface area contributed by atoms with Crippen LogP contribution in [0.2, 0.25) is 5.02 Å². The van der Waals surface area contributed by atoms with Crippen LogP contribution in [-0.4, -0.2) is 35.8 Å². The number of halogens is 1. The molecule has 2 aromatic rings. The zero-order valence-corrected chi connectivity index (χ0v) is 13.7. The number of anilines is 1. The molecule has 0 spiro atoms. The highest BCUT2D eigenvalue weighted by molar-refractivity contribution is 6.31. The summed E-state index contributed by atoms with van der Waals surface area (Å²) in [6, 6.07) is 8.24. The molecule has 2 amide bonds. The molecule has 0 saturated carbocycles. The highest BCUT2D eigenvalue weighted by Crippen LogP contribution is 2.26. The van der Waals surface area contributed by atoms with E-state index in [1.54, 1.807) is 30.0 Å². The average Bonchev–Trinajstić information content (AvgIpc) is 3.06. The highest BCUT2D eigenvalue weighted by Gasteiger charge is 2.36. The Morgan fingerprint density at radius 2 is 2.09 bits per heavy atom. The van der Waals surface area contributed by atoms with Crippen LogP contribution in [-0.2, 0) is 4.79 Å². The van der Waals surface area contributed by atoms with Gasteiger partial charge >= 0.3 is 0 Å². The Bertz CT molecular complexity index is 742. The number of rotatable bonds is 2. The maximum atomic E-state index is 12.7. The summed E-state index contributed by atoms with van der Waals surface area (Å²) in [7, 11) is 0. The van der Waals surface area contributed by atoms with Crippen molar-refractivity contribution >= 4 is 29.1 Å². The van der Waals surface area contributed by atoms with Crippen molar-refractivity contribution in [1.82, 2.24) is 4.90 Å². The maximum Gasteiger partial charge on any atom is 0.290 e. The van der Waals surface area contributed by atoms with E-state index in [4.69, 9.17) is 16.0 Å². The molecular formula is C17H17ClN2O3. The van der Waals surface area contributed by atoms with E-state index >= 15 is 0 Å². The minimum absolute atomic E-state index is 0.129. The topological polar surface area (TPSA) is 53.8 Å². The average molecular weight is 333 g/mol. The number of hydrogen-bond acceptors (Lipinski definition) is 3. The SMILES string of the molecule is Cc1ccc(N2CCN(C(=O)c3ccco3)[C@@H](C)C2=O)cc1Cl. The van der Waals surface area contributed by atoms with Crippen LogP contribution in [0.1, 0.15) is 23.0 Å². The monoisotopic (exact) mass is 332 g/mol. The van der Waals surface area contributed by atoms with Crippen LogP contribution in [0.5, 0.6) is 0 Å². The van der Waals surface area contributed by atoms with E-state index < -0.39 is 6.04 Å². The number of furan rings is 1. The normalized spacial score (nSPS) is 18.4. The van der Waals surface area contributed by atoms with Gasteiger partial charge < -0.3 is 14.2 Å². The quantitative estimate of drug-likeness (QED) is 0.849. The van der Waals surface area contributed by atoms with Gasteiger partial charge in [-0.25, -0.2) is 0 Å². The Morgan fingerprint density at radius 3 is 2.74 bits per heavy atom. The van der Waals surface area contributed by atoms with E-state index in [1.807, 2.05) is 19.1 Å². The summed E-state index contributed by atoms with van der Waals surface area (Å²) in [6.07, 6.45) is 1.45. The van der Waals surface area contributed by atoms with Gasteiger partial charge in [-0.1, -0.05) is 17.7 Å². The summed E-state index contributed by atoms with van der Waals surface area (Å²) in [6.45, 7) is 4.51. The number of benzene rings is 1. The fourth-order valence-corrected chi connectivity index (χ4v) is 2.87. The molecule has 1 atom stereocenters. The molecule has 1 aliphatic rings. The number of piperazine rings is 1. The molecule has 23 heavy (non-hydrogen) atoms. The number of hydrogen-bond donors (Lipinski definition) is 0. The Hall–Kier alpha value is -2.27. The van der Waals surface area contributed by atoms with Gasteiger partial charge in [0.25, 0.3) is 5.91 Å². The smallest absolute Gasteiger partial charge is 0.290 e. The Kier molecular flexibility index (Phi) is 4.13. The van der Waals surface area contributed by atoms with Crippen LogP contribution in [0, 0.1) is 6.92 Å².